The van der Waals surface area contributed by atoms with Crippen molar-refractivity contribution in [3.8, 4) is 11.1 Å². The van der Waals surface area contributed by atoms with Crippen LogP contribution < -0.4 is 16.6 Å². The van der Waals surface area contributed by atoms with Gasteiger partial charge in [-0.15, -0.1) is 0 Å². The van der Waals surface area contributed by atoms with Gasteiger partial charge < -0.3 is 20.5 Å². The number of benzene rings is 2. The second-order valence-electron chi connectivity index (χ2n) is 10.8. The molecule has 6 rings (SSSR count). The fourth-order valence-electron chi connectivity index (χ4n) is 5.16. The lowest BCUT2D eigenvalue weighted by Crippen LogP contribution is -2.33. The monoisotopic (exact) mass is 484 g/mol. The van der Waals surface area contributed by atoms with Crippen molar-refractivity contribution in [1.82, 2.24) is 14.8 Å². The lowest BCUT2D eigenvalue weighted by atomic mass is 9.94. The molecular weight excluding hydrogens is 452 g/mol. The molecule has 2 amide bonds. The molecule has 3 aromatic rings. The fourth-order valence-corrected chi connectivity index (χ4v) is 5.16. The SMILES string of the molecule is Cc1ccc(C(=O)NC2CC2)cc1-c1ccc2c(=O)n(CC3CC3)cc(C(=O)N3CC[C@@H](N)C3)c2c1. The molecule has 36 heavy (non-hydrogen) atoms. The van der Waals surface area contributed by atoms with E-state index in [-0.39, 0.29) is 29.5 Å². The Morgan fingerprint density at radius 3 is 2.53 bits per heavy atom. The van der Waals surface area contributed by atoms with Gasteiger partial charge in [0.25, 0.3) is 17.4 Å². The predicted molar refractivity (Wildman–Crippen MR) is 140 cm³/mol. The number of hydrogen-bond acceptors (Lipinski definition) is 4. The summed E-state index contributed by atoms with van der Waals surface area (Å²) in [6.45, 7) is 3.81. The number of nitrogens with two attached hydrogens (primary N) is 1. The molecule has 7 nitrogen and oxygen atoms in total. The second kappa shape index (κ2) is 8.89. The number of rotatable bonds is 6. The quantitative estimate of drug-likeness (QED) is 0.560. The van der Waals surface area contributed by atoms with Gasteiger partial charge in [-0.25, -0.2) is 0 Å². The second-order valence-corrected chi connectivity index (χ2v) is 10.8. The van der Waals surface area contributed by atoms with E-state index in [2.05, 4.69) is 5.32 Å². The lowest BCUT2D eigenvalue weighted by molar-refractivity contribution is 0.0791. The van der Waals surface area contributed by atoms with Gasteiger partial charge in [-0.3, -0.25) is 14.4 Å². The first kappa shape index (κ1) is 23.0. The summed E-state index contributed by atoms with van der Waals surface area (Å²) in [7, 11) is 0. The molecule has 0 spiro atoms. The van der Waals surface area contributed by atoms with Crippen molar-refractivity contribution < 1.29 is 9.59 Å². The molecule has 3 aliphatic rings. The highest BCUT2D eigenvalue weighted by atomic mass is 16.2. The van der Waals surface area contributed by atoms with Crippen molar-refractivity contribution in [3.05, 3.63) is 69.6 Å². The summed E-state index contributed by atoms with van der Waals surface area (Å²) in [4.78, 5) is 41.5. The Morgan fingerprint density at radius 2 is 1.83 bits per heavy atom. The number of pyridine rings is 1. The number of aryl methyl sites for hydroxylation is 1. The third kappa shape index (κ3) is 4.44. The molecule has 2 aromatic carbocycles. The molecule has 186 valence electrons. The van der Waals surface area contributed by atoms with E-state index >= 15 is 0 Å². The minimum absolute atomic E-state index is 0.0136. The van der Waals surface area contributed by atoms with Crippen molar-refractivity contribution >= 4 is 22.6 Å². The van der Waals surface area contributed by atoms with Crippen LogP contribution in [0.25, 0.3) is 21.9 Å². The minimum Gasteiger partial charge on any atom is -0.349 e. The first-order valence-electron chi connectivity index (χ1n) is 13.0. The van der Waals surface area contributed by atoms with E-state index < -0.39 is 0 Å². The third-order valence-corrected chi connectivity index (χ3v) is 7.70. The molecular formula is C29H32N4O3. The van der Waals surface area contributed by atoms with Gasteiger partial charge in [-0.2, -0.15) is 0 Å². The molecule has 1 aromatic heterocycles. The van der Waals surface area contributed by atoms with Gasteiger partial charge in [0.05, 0.1) is 5.56 Å². The molecule has 2 aliphatic carbocycles. The number of carbonyl (C=O) groups excluding carboxylic acids is 2. The predicted octanol–water partition coefficient (Wildman–Crippen LogP) is 3.45. The largest absolute Gasteiger partial charge is 0.349 e. The summed E-state index contributed by atoms with van der Waals surface area (Å²) < 4.78 is 1.72. The summed E-state index contributed by atoms with van der Waals surface area (Å²) in [6.07, 6.45) is 6.85. The van der Waals surface area contributed by atoms with Gasteiger partial charge in [0.15, 0.2) is 0 Å². The Hall–Kier alpha value is -3.45. The van der Waals surface area contributed by atoms with E-state index in [0.717, 1.165) is 48.8 Å². The van der Waals surface area contributed by atoms with Crippen molar-refractivity contribution in [1.29, 1.82) is 0 Å². The van der Waals surface area contributed by atoms with E-state index in [1.54, 1.807) is 15.7 Å². The molecule has 0 bridgehead atoms. The number of amides is 2. The average molecular weight is 485 g/mol. The van der Waals surface area contributed by atoms with Gasteiger partial charge in [0, 0.05) is 54.3 Å². The zero-order valence-corrected chi connectivity index (χ0v) is 20.6. The Labute approximate surface area is 210 Å². The van der Waals surface area contributed by atoms with Gasteiger partial charge >= 0.3 is 0 Å². The van der Waals surface area contributed by atoms with E-state index in [4.69, 9.17) is 5.73 Å². The number of fused-ring (bicyclic) bond motifs is 1. The number of nitrogens with zero attached hydrogens (tertiary/aromatic N) is 2. The normalized spacial score (nSPS) is 19.6. The number of likely N-dealkylation sites (tertiary alicyclic amines) is 1. The van der Waals surface area contributed by atoms with Crippen LogP contribution in [0.2, 0.25) is 0 Å². The number of hydrogen-bond donors (Lipinski definition) is 2. The summed E-state index contributed by atoms with van der Waals surface area (Å²) >= 11 is 0. The Bertz CT molecular complexity index is 1430. The smallest absolute Gasteiger partial charge is 0.258 e. The molecule has 1 saturated heterocycles. The van der Waals surface area contributed by atoms with Gasteiger partial charge in [-0.1, -0.05) is 12.1 Å². The molecule has 1 atom stereocenters. The topological polar surface area (TPSA) is 97.4 Å². The van der Waals surface area contributed by atoms with E-state index in [1.807, 2.05) is 43.3 Å². The molecule has 3 N–H and O–H groups in total. The lowest BCUT2D eigenvalue weighted by Gasteiger charge is -2.19. The Kier molecular flexibility index (Phi) is 5.67. The van der Waals surface area contributed by atoms with Crippen molar-refractivity contribution in [2.24, 2.45) is 11.7 Å². The molecule has 7 heteroatoms. The summed E-state index contributed by atoms with van der Waals surface area (Å²) in [5, 5.41) is 4.25. The highest BCUT2D eigenvalue weighted by Crippen LogP contribution is 2.32. The summed E-state index contributed by atoms with van der Waals surface area (Å²) in [6, 6.07) is 11.7. The van der Waals surface area contributed by atoms with Crippen LogP contribution >= 0.6 is 0 Å². The van der Waals surface area contributed by atoms with E-state index in [9.17, 15) is 14.4 Å². The highest BCUT2D eigenvalue weighted by Gasteiger charge is 2.29. The van der Waals surface area contributed by atoms with E-state index in [1.165, 1.54) is 0 Å². The molecule has 0 radical (unpaired) electrons. The van der Waals surface area contributed by atoms with Crippen molar-refractivity contribution in [2.75, 3.05) is 13.1 Å². The number of carbonyl (C=O) groups is 2. The number of aromatic nitrogens is 1. The third-order valence-electron chi connectivity index (χ3n) is 7.70. The minimum atomic E-state index is -0.0797. The summed E-state index contributed by atoms with van der Waals surface area (Å²) in [5.74, 6) is 0.363. The van der Waals surface area contributed by atoms with Crippen molar-refractivity contribution in [3.63, 3.8) is 0 Å². The maximum atomic E-state index is 13.6. The van der Waals surface area contributed by atoms with Crippen LogP contribution in [0.3, 0.4) is 0 Å². The fraction of sp³-hybridized carbons (Fsp3) is 0.414. The van der Waals surface area contributed by atoms with Crippen molar-refractivity contribution in [2.45, 2.75) is 57.7 Å². The molecule has 1 aliphatic heterocycles. The van der Waals surface area contributed by atoms with Crippen LogP contribution in [0, 0.1) is 12.8 Å². The van der Waals surface area contributed by atoms with Gasteiger partial charge in [0.2, 0.25) is 0 Å². The number of nitrogens with one attached hydrogen (secondary N) is 1. The van der Waals surface area contributed by atoms with Crippen LogP contribution in [0.1, 0.15) is 58.4 Å². The van der Waals surface area contributed by atoms with Crippen LogP contribution in [0.5, 0.6) is 0 Å². The molecule has 2 saturated carbocycles. The Balaban J connectivity index is 1.45. The maximum absolute atomic E-state index is 13.6. The first-order chi connectivity index (χ1) is 17.4. The first-order valence-corrected chi connectivity index (χ1v) is 13.0. The standard InChI is InChI=1S/C29H32N4O3/c1-17-2-5-20(27(34)31-22-7-8-22)13-24(17)19-6-9-23-25(12-19)26(29(36)32-11-10-21(30)15-32)16-33(28(23)35)14-18-3-4-18/h2,5-6,9,12-13,16,18,21-22H,3-4,7-8,10-11,14-15,30H2,1H3,(H,31,34)/t21-/m1/s1. The Morgan fingerprint density at radius 1 is 1.03 bits per heavy atom. The van der Waals surface area contributed by atoms with Gasteiger partial charge in [0.1, 0.15) is 0 Å². The van der Waals surface area contributed by atoms with E-state index in [0.29, 0.717) is 47.5 Å². The molecule has 3 fully saturated rings. The maximum Gasteiger partial charge on any atom is 0.258 e. The summed E-state index contributed by atoms with van der Waals surface area (Å²) in [5.41, 5.74) is 10.0. The molecule has 0 unspecified atom stereocenters. The average Bonchev–Trinajstić information content (AvgIpc) is 3.81. The van der Waals surface area contributed by atoms with Gasteiger partial charge in [-0.05, 0) is 85.9 Å². The van der Waals surface area contributed by atoms with Crippen LogP contribution in [0.15, 0.2) is 47.4 Å². The zero-order chi connectivity index (χ0) is 25.0. The highest BCUT2D eigenvalue weighted by molar-refractivity contribution is 6.08. The van der Waals surface area contributed by atoms with Crippen LogP contribution in [-0.2, 0) is 6.54 Å². The van der Waals surface area contributed by atoms with Crippen LogP contribution in [-0.4, -0.2) is 46.5 Å². The van der Waals surface area contributed by atoms with Crippen LogP contribution in [0.4, 0.5) is 0 Å². The molecule has 2 heterocycles. The zero-order valence-electron chi connectivity index (χ0n) is 20.6.